The minimum absolute atomic E-state index is 0.0556. The molecule has 0 aliphatic carbocycles. The van der Waals surface area contributed by atoms with Crippen LogP contribution in [0.4, 0.5) is 0 Å². The van der Waals surface area contributed by atoms with Gasteiger partial charge in [-0.3, -0.25) is 0 Å². The zero-order valence-electron chi connectivity index (χ0n) is 11.8. The van der Waals surface area contributed by atoms with Gasteiger partial charge in [0.1, 0.15) is 6.04 Å². The fourth-order valence-corrected chi connectivity index (χ4v) is 2.89. The molecule has 0 aliphatic rings. The van der Waals surface area contributed by atoms with Crippen molar-refractivity contribution in [3.05, 3.63) is 70.1 Å². The van der Waals surface area contributed by atoms with E-state index >= 15 is 0 Å². The van der Waals surface area contributed by atoms with Crippen LogP contribution >= 0.6 is 11.3 Å². The van der Waals surface area contributed by atoms with Crippen molar-refractivity contribution in [1.29, 1.82) is 0 Å². The summed E-state index contributed by atoms with van der Waals surface area (Å²) in [5.74, 6) is 1.27. The number of benzene rings is 1. The summed E-state index contributed by atoms with van der Waals surface area (Å²) < 4.78 is 5.85. The highest BCUT2D eigenvalue weighted by Gasteiger charge is 2.19. The van der Waals surface area contributed by atoms with Crippen molar-refractivity contribution >= 4 is 11.3 Å². The number of hydrogen-bond donors (Lipinski definition) is 1. The summed E-state index contributed by atoms with van der Waals surface area (Å²) in [4.78, 5) is 0. The quantitative estimate of drug-likeness (QED) is 0.757. The lowest BCUT2D eigenvalue weighted by atomic mass is 10.1. The molecule has 108 valence electrons. The van der Waals surface area contributed by atoms with Gasteiger partial charge in [0.2, 0.25) is 11.8 Å². The molecule has 1 N–H and O–H groups in total. The van der Waals surface area contributed by atoms with Crippen molar-refractivity contribution < 1.29 is 4.42 Å². The van der Waals surface area contributed by atoms with E-state index in [2.05, 4.69) is 51.4 Å². The lowest BCUT2D eigenvalue weighted by Crippen LogP contribution is -2.22. The van der Waals surface area contributed by atoms with Gasteiger partial charge in [0.05, 0.1) is 6.42 Å². The minimum Gasteiger partial charge on any atom is -0.423 e. The molecular formula is C16H17N3OS. The normalized spacial score (nSPS) is 12.4. The minimum atomic E-state index is -0.0556. The van der Waals surface area contributed by atoms with Crippen molar-refractivity contribution in [2.24, 2.45) is 0 Å². The largest absolute Gasteiger partial charge is 0.423 e. The molecule has 0 saturated heterocycles. The third-order valence-corrected chi connectivity index (χ3v) is 3.94. The second-order valence-corrected chi connectivity index (χ2v) is 5.52. The van der Waals surface area contributed by atoms with Gasteiger partial charge in [-0.1, -0.05) is 37.3 Å². The second-order valence-electron chi connectivity index (χ2n) is 4.74. The fourth-order valence-electron chi connectivity index (χ4n) is 2.22. The van der Waals surface area contributed by atoms with E-state index in [9.17, 15) is 0 Å². The maximum Gasteiger partial charge on any atom is 0.237 e. The van der Waals surface area contributed by atoms with Gasteiger partial charge in [-0.05, 0) is 34.5 Å². The average molecular weight is 299 g/mol. The van der Waals surface area contributed by atoms with E-state index in [1.54, 1.807) is 11.3 Å². The first-order valence-corrected chi connectivity index (χ1v) is 7.92. The summed E-state index contributed by atoms with van der Waals surface area (Å²) in [6, 6.07) is 12.2. The maximum atomic E-state index is 5.85. The highest BCUT2D eigenvalue weighted by atomic mass is 32.1. The Labute approximate surface area is 127 Å². The van der Waals surface area contributed by atoms with Crippen LogP contribution in [0, 0.1) is 0 Å². The van der Waals surface area contributed by atoms with Crippen LogP contribution < -0.4 is 5.32 Å². The molecule has 21 heavy (non-hydrogen) atoms. The highest BCUT2D eigenvalue weighted by molar-refractivity contribution is 7.07. The molecule has 1 atom stereocenters. The molecular weight excluding hydrogens is 282 g/mol. The zero-order chi connectivity index (χ0) is 14.5. The van der Waals surface area contributed by atoms with Crippen LogP contribution in [0.5, 0.6) is 0 Å². The van der Waals surface area contributed by atoms with Crippen molar-refractivity contribution in [3.63, 3.8) is 0 Å². The van der Waals surface area contributed by atoms with E-state index in [-0.39, 0.29) is 6.04 Å². The Balaban J connectivity index is 1.82. The monoisotopic (exact) mass is 299 g/mol. The Bertz CT molecular complexity index is 664. The van der Waals surface area contributed by atoms with Crippen LogP contribution in [-0.4, -0.2) is 16.7 Å². The smallest absolute Gasteiger partial charge is 0.237 e. The third-order valence-electron chi connectivity index (χ3n) is 3.21. The molecule has 0 amide bonds. The summed E-state index contributed by atoms with van der Waals surface area (Å²) in [7, 11) is 0. The topological polar surface area (TPSA) is 51.0 Å². The van der Waals surface area contributed by atoms with Crippen LogP contribution in [0.3, 0.4) is 0 Å². The zero-order valence-corrected chi connectivity index (χ0v) is 12.6. The predicted octanol–water partition coefficient (Wildman–Crippen LogP) is 3.42. The number of aromatic nitrogens is 2. The molecule has 0 radical (unpaired) electrons. The molecule has 0 aliphatic heterocycles. The first-order valence-electron chi connectivity index (χ1n) is 6.98. The Kier molecular flexibility index (Phi) is 4.43. The number of nitrogens with one attached hydrogen (secondary N) is 1. The van der Waals surface area contributed by atoms with Gasteiger partial charge in [0, 0.05) is 0 Å². The van der Waals surface area contributed by atoms with Crippen LogP contribution in [0.2, 0.25) is 0 Å². The van der Waals surface area contributed by atoms with Crippen molar-refractivity contribution in [2.75, 3.05) is 6.54 Å². The summed E-state index contributed by atoms with van der Waals surface area (Å²) in [6.07, 6.45) is 0.685. The van der Waals surface area contributed by atoms with E-state index in [1.807, 2.05) is 18.2 Å². The summed E-state index contributed by atoms with van der Waals surface area (Å²) >= 11 is 1.67. The molecule has 5 heteroatoms. The maximum absolute atomic E-state index is 5.85. The molecule has 0 bridgehead atoms. The fraction of sp³-hybridized carbons (Fsp3) is 0.250. The Hall–Kier alpha value is -1.98. The Morgan fingerprint density at radius 2 is 2.05 bits per heavy atom. The number of rotatable bonds is 6. The Morgan fingerprint density at radius 1 is 1.19 bits per heavy atom. The summed E-state index contributed by atoms with van der Waals surface area (Å²) in [5, 5.41) is 15.9. The number of thiophene rings is 1. The van der Waals surface area contributed by atoms with E-state index in [0.29, 0.717) is 18.2 Å². The highest BCUT2D eigenvalue weighted by Crippen LogP contribution is 2.21. The lowest BCUT2D eigenvalue weighted by Gasteiger charge is -2.13. The molecule has 1 unspecified atom stereocenters. The van der Waals surface area contributed by atoms with Gasteiger partial charge >= 0.3 is 0 Å². The molecule has 2 heterocycles. The number of nitrogens with zero attached hydrogens (tertiary/aromatic N) is 2. The molecule has 3 rings (SSSR count). The molecule has 2 aromatic heterocycles. The van der Waals surface area contributed by atoms with Crippen LogP contribution in [0.15, 0.2) is 51.6 Å². The number of hydrogen-bond acceptors (Lipinski definition) is 5. The SMILES string of the molecule is CCNC(c1ccccc1)c1nnc(Cc2ccsc2)o1. The summed E-state index contributed by atoms with van der Waals surface area (Å²) in [6.45, 7) is 2.90. The van der Waals surface area contributed by atoms with E-state index in [4.69, 9.17) is 4.42 Å². The third kappa shape index (κ3) is 3.37. The standard InChI is InChI=1S/C16H17N3OS/c1-2-17-15(13-6-4-3-5-7-13)16-19-18-14(20-16)10-12-8-9-21-11-12/h3-9,11,15,17H,2,10H2,1H3. The van der Waals surface area contributed by atoms with Gasteiger partial charge < -0.3 is 9.73 Å². The van der Waals surface area contributed by atoms with E-state index in [0.717, 1.165) is 12.1 Å². The first kappa shape index (κ1) is 14.0. The van der Waals surface area contributed by atoms with Crippen molar-refractivity contribution in [3.8, 4) is 0 Å². The van der Waals surface area contributed by atoms with Crippen LogP contribution in [0.25, 0.3) is 0 Å². The van der Waals surface area contributed by atoms with Crippen LogP contribution in [0.1, 0.15) is 35.9 Å². The lowest BCUT2D eigenvalue weighted by molar-refractivity contribution is 0.414. The van der Waals surface area contributed by atoms with E-state index < -0.39 is 0 Å². The molecule has 4 nitrogen and oxygen atoms in total. The predicted molar refractivity (Wildman–Crippen MR) is 83.4 cm³/mol. The molecule has 1 aromatic carbocycles. The van der Waals surface area contributed by atoms with Gasteiger partial charge in [-0.2, -0.15) is 11.3 Å². The Morgan fingerprint density at radius 3 is 2.76 bits per heavy atom. The summed E-state index contributed by atoms with van der Waals surface area (Å²) in [5.41, 5.74) is 2.33. The average Bonchev–Trinajstić information content (AvgIpc) is 3.18. The molecule has 3 aromatic rings. The molecule has 0 saturated carbocycles. The van der Waals surface area contributed by atoms with Crippen LogP contribution in [-0.2, 0) is 6.42 Å². The second kappa shape index (κ2) is 6.65. The van der Waals surface area contributed by atoms with E-state index in [1.165, 1.54) is 5.56 Å². The van der Waals surface area contributed by atoms with Gasteiger partial charge in [0.25, 0.3) is 0 Å². The van der Waals surface area contributed by atoms with Crippen molar-refractivity contribution in [1.82, 2.24) is 15.5 Å². The van der Waals surface area contributed by atoms with Crippen molar-refractivity contribution in [2.45, 2.75) is 19.4 Å². The van der Waals surface area contributed by atoms with Gasteiger partial charge in [0.15, 0.2) is 0 Å². The molecule has 0 spiro atoms. The molecule has 0 fully saturated rings. The van der Waals surface area contributed by atoms with Gasteiger partial charge in [-0.25, -0.2) is 0 Å². The van der Waals surface area contributed by atoms with Gasteiger partial charge in [-0.15, -0.1) is 10.2 Å². The first-order chi connectivity index (χ1) is 10.4.